The van der Waals surface area contributed by atoms with E-state index in [1.807, 2.05) is 0 Å². The molecule has 0 radical (unpaired) electrons. The van der Waals surface area contributed by atoms with E-state index in [1.165, 1.54) is 23.4 Å². The van der Waals surface area contributed by atoms with Gasteiger partial charge in [0.2, 0.25) is 11.8 Å². The van der Waals surface area contributed by atoms with Crippen LogP contribution >= 0.6 is 0 Å². The Morgan fingerprint density at radius 2 is 1.59 bits per heavy atom. The van der Waals surface area contributed by atoms with Crippen molar-refractivity contribution in [3.8, 4) is 11.8 Å². The summed E-state index contributed by atoms with van der Waals surface area (Å²) in [5, 5.41) is 19.2. The van der Waals surface area contributed by atoms with E-state index >= 15 is 0 Å². The lowest BCUT2D eigenvalue weighted by atomic mass is 10.1. The monoisotopic (exact) mass is 402 g/mol. The van der Waals surface area contributed by atoms with Gasteiger partial charge in [-0.25, -0.2) is 4.79 Å². The maximum Gasteiger partial charge on any atom is 0.434 e. The standard InChI is InChI=1S/C20H26N4O5/c25-18-5-6-19(26)24(18)29-20(27)23-9-7-21(8-10-23)15-16-3-1-2-4-17(16)22-11-13-28-14-12-22/h1-6,25-26H,7-15H2. The quantitative estimate of drug-likeness (QED) is 0.792. The number of morpholine rings is 1. The fourth-order valence-corrected chi connectivity index (χ4v) is 3.72. The number of nitrogens with zero attached hydrogens (tertiary/aromatic N) is 4. The van der Waals surface area contributed by atoms with Gasteiger partial charge in [-0.2, -0.15) is 0 Å². The van der Waals surface area contributed by atoms with Gasteiger partial charge in [0.05, 0.1) is 13.2 Å². The lowest BCUT2D eigenvalue weighted by Gasteiger charge is -2.35. The number of rotatable bonds is 4. The number of hydrogen-bond acceptors (Lipinski definition) is 7. The molecule has 29 heavy (non-hydrogen) atoms. The number of aromatic nitrogens is 1. The normalized spacial score (nSPS) is 18.1. The number of piperazine rings is 1. The number of para-hydroxylation sites is 1. The molecule has 2 aliphatic heterocycles. The number of aromatic hydroxyl groups is 2. The van der Waals surface area contributed by atoms with Crippen molar-refractivity contribution < 1.29 is 24.6 Å². The minimum absolute atomic E-state index is 0.325. The van der Waals surface area contributed by atoms with Crippen LogP contribution in [0.4, 0.5) is 10.5 Å². The van der Waals surface area contributed by atoms with Crippen molar-refractivity contribution in [3.63, 3.8) is 0 Å². The van der Waals surface area contributed by atoms with E-state index in [0.29, 0.717) is 17.8 Å². The molecule has 3 heterocycles. The van der Waals surface area contributed by atoms with Crippen LogP contribution in [0.25, 0.3) is 0 Å². The van der Waals surface area contributed by atoms with Crippen LogP contribution in [0.3, 0.4) is 0 Å². The maximum atomic E-state index is 12.3. The second-order valence-electron chi connectivity index (χ2n) is 7.19. The Balaban J connectivity index is 1.33. The topological polar surface area (TPSA) is 90.6 Å². The zero-order valence-corrected chi connectivity index (χ0v) is 16.2. The Hall–Kier alpha value is -2.91. The number of anilines is 1. The molecule has 0 unspecified atom stereocenters. The van der Waals surface area contributed by atoms with E-state index in [1.54, 1.807) is 4.90 Å². The van der Waals surface area contributed by atoms with Crippen LogP contribution in [0.1, 0.15) is 5.56 Å². The van der Waals surface area contributed by atoms with Crippen LogP contribution in [0.5, 0.6) is 11.8 Å². The van der Waals surface area contributed by atoms with Crippen LogP contribution in [-0.4, -0.2) is 83.3 Å². The fourth-order valence-electron chi connectivity index (χ4n) is 3.72. The predicted molar refractivity (Wildman–Crippen MR) is 106 cm³/mol. The second-order valence-corrected chi connectivity index (χ2v) is 7.19. The Kier molecular flexibility index (Phi) is 5.77. The van der Waals surface area contributed by atoms with E-state index in [0.717, 1.165) is 45.9 Å². The molecular weight excluding hydrogens is 376 g/mol. The van der Waals surface area contributed by atoms with Gasteiger partial charge in [-0.1, -0.05) is 18.2 Å². The molecule has 0 saturated carbocycles. The average molecular weight is 402 g/mol. The molecule has 2 aromatic rings. The molecule has 9 nitrogen and oxygen atoms in total. The first-order valence-corrected chi connectivity index (χ1v) is 9.81. The summed E-state index contributed by atoms with van der Waals surface area (Å²) in [6.45, 7) is 6.58. The first-order valence-electron chi connectivity index (χ1n) is 9.81. The van der Waals surface area contributed by atoms with Gasteiger partial charge in [0.15, 0.2) is 0 Å². The number of carbonyl (C=O) groups is 1. The summed E-state index contributed by atoms with van der Waals surface area (Å²) in [6.07, 6.45) is -0.597. The highest BCUT2D eigenvalue weighted by molar-refractivity contribution is 5.68. The SMILES string of the molecule is O=C(On1c(O)ccc1O)N1CCN(Cc2ccccc2N2CCOCC2)CC1. The van der Waals surface area contributed by atoms with Gasteiger partial charge >= 0.3 is 6.09 Å². The highest BCUT2D eigenvalue weighted by Gasteiger charge is 2.25. The highest BCUT2D eigenvalue weighted by atomic mass is 16.7. The minimum Gasteiger partial charge on any atom is -0.492 e. The first-order chi connectivity index (χ1) is 14.1. The maximum absolute atomic E-state index is 12.3. The third-order valence-electron chi connectivity index (χ3n) is 5.33. The Morgan fingerprint density at radius 3 is 2.28 bits per heavy atom. The molecule has 2 saturated heterocycles. The third-order valence-corrected chi connectivity index (χ3v) is 5.33. The molecule has 1 aromatic heterocycles. The zero-order chi connectivity index (χ0) is 20.2. The van der Waals surface area contributed by atoms with Crippen molar-refractivity contribution >= 4 is 11.8 Å². The van der Waals surface area contributed by atoms with Crippen LogP contribution < -0.4 is 9.74 Å². The zero-order valence-electron chi connectivity index (χ0n) is 16.2. The van der Waals surface area contributed by atoms with Crippen molar-refractivity contribution in [3.05, 3.63) is 42.0 Å². The molecule has 0 bridgehead atoms. The minimum atomic E-state index is -0.597. The van der Waals surface area contributed by atoms with Gasteiger partial charge in [0.1, 0.15) is 0 Å². The van der Waals surface area contributed by atoms with E-state index in [2.05, 4.69) is 34.1 Å². The number of ether oxygens (including phenoxy) is 1. The van der Waals surface area contributed by atoms with E-state index in [9.17, 15) is 15.0 Å². The predicted octanol–water partition coefficient (Wildman–Crippen LogP) is 1.10. The van der Waals surface area contributed by atoms with Crippen molar-refractivity contribution in [2.75, 3.05) is 57.4 Å². The number of carbonyl (C=O) groups excluding carboxylic acids is 1. The van der Waals surface area contributed by atoms with Crippen LogP contribution in [-0.2, 0) is 11.3 Å². The van der Waals surface area contributed by atoms with Gasteiger partial charge in [-0.3, -0.25) is 4.90 Å². The molecule has 1 amide bonds. The summed E-state index contributed by atoms with van der Waals surface area (Å²) >= 11 is 0. The lowest BCUT2D eigenvalue weighted by Crippen LogP contribution is -2.50. The second kappa shape index (κ2) is 8.62. The van der Waals surface area contributed by atoms with Crippen LogP contribution in [0, 0.1) is 0 Å². The molecule has 1 aromatic carbocycles. The van der Waals surface area contributed by atoms with Gasteiger partial charge in [0, 0.05) is 63.6 Å². The van der Waals surface area contributed by atoms with Crippen LogP contribution in [0.2, 0.25) is 0 Å². The largest absolute Gasteiger partial charge is 0.492 e. The van der Waals surface area contributed by atoms with E-state index in [-0.39, 0.29) is 11.8 Å². The molecule has 9 heteroatoms. The van der Waals surface area contributed by atoms with Gasteiger partial charge < -0.3 is 29.6 Å². The van der Waals surface area contributed by atoms with Crippen molar-refractivity contribution in [2.45, 2.75) is 6.54 Å². The third kappa shape index (κ3) is 4.41. The van der Waals surface area contributed by atoms with Crippen molar-refractivity contribution in [1.82, 2.24) is 14.5 Å². The van der Waals surface area contributed by atoms with Gasteiger partial charge in [-0.05, 0) is 11.6 Å². The molecule has 4 rings (SSSR count). The summed E-state index contributed by atoms with van der Waals surface area (Å²) in [4.78, 5) is 23.6. The molecular formula is C20H26N4O5. The molecule has 2 fully saturated rings. The summed E-state index contributed by atoms with van der Waals surface area (Å²) in [5.74, 6) is -0.650. The Labute approximate surface area is 169 Å². The summed E-state index contributed by atoms with van der Waals surface area (Å²) in [7, 11) is 0. The summed E-state index contributed by atoms with van der Waals surface area (Å²) in [5.41, 5.74) is 2.52. The molecule has 156 valence electrons. The van der Waals surface area contributed by atoms with Crippen LogP contribution in [0.15, 0.2) is 36.4 Å². The number of amides is 1. The van der Waals surface area contributed by atoms with E-state index in [4.69, 9.17) is 9.57 Å². The molecule has 2 aliphatic rings. The number of hydrogen-bond donors (Lipinski definition) is 2. The smallest absolute Gasteiger partial charge is 0.434 e. The summed E-state index contributed by atoms with van der Waals surface area (Å²) in [6, 6.07) is 10.9. The van der Waals surface area contributed by atoms with Gasteiger partial charge in [-0.15, -0.1) is 4.73 Å². The lowest BCUT2D eigenvalue weighted by molar-refractivity contribution is 0.0555. The van der Waals surface area contributed by atoms with Crippen molar-refractivity contribution in [1.29, 1.82) is 0 Å². The Morgan fingerprint density at radius 1 is 0.931 bits per heavy atom. The molecule has 0 aliphatic carbocycles. The molecule has 0 spiro atoms. The van der Waals surface area contributed by atoms with Gasteiger partial charge in [0.25, 0.3) is 0 Å². The first kappa shape index (κ1) is 19.4. The molecule has 0 atom stereocenters. The number of benzene rings is 1. The van der Waals surface area contributed by atoms with Crippen molar-refractivity contribution in [2.24, 2.45) is 0 Å². The summed E-state index contributed by atoms with van der Waals surface area (Å²) < 4.78 is 6.18. The fraction of sp³-hybridized carbons (Fsp3) is 0.450. The Bertz CT molecular complexity index is 822. The highest BCUT2D eigenvalue weighted by Crippen LogP contribution is 2.24. The molecule has 2 N–H and O–H groups in total. The average Bonchev–Trinajstić information content (AvgIpc) is 3.07. The van der Waals surface area contributed by atoms with E-state index < -0.39 is 6.09 Å².